The lowest BCUT2D eigenvalue weighted by Crippen LogP contribution is -2.45. The van der Waals surface area contributed by atoms with E-state index in [0.29, 0.717) is 12.8 Å². The van der Waals surface area contributed by atoms with Gasteiger partial charge in [0.15, 0.2) is 0 Å². The second-order valence-corrected chi connectivity index (χ2v) is 3.42. The third-order valence-corrected chi connectivity index (χ3v) is 2.16. The zero-order valence-electron chi connectivity index (χ0n) is 8.70. The average Bonchev–Trinajstić information content (AvgIpc) is 2.10. The molecule has 0 saturated heterocycles. The number of halogens is 5. The van der Waals surface area contributed by atoms with Gasteiger partial charge in [-0.05, 0) is 6.42 Å². The van der Waals surface area contributed by atoms with Gasteiger partial charge in [0, 0.05) is 7.11 Å². The Morgan fingerprint density at radius 1 is 1.13 bits per heavy atom. The number of rotatable bonds is 6. The summed E-state index contributed by atoms with van der Waals surface area (Å²) in [4.78, 5) is 0. The third kappa shape index (κ3) is 3.93. The van der Waals surface area contributed by atoms with Crippen LogP contribution in [0.3, 0.4) is 0 Å². The molecular formula is C9H15F5O. The van der Waals surface area contributed by atoms with E-state index in [1.165, 1.54) is 0 Å². The summed E-state index contributed by atoms with van der Waals surface area (Å²) in [5.41, 5.74) is 0. The highest BCUT2D eigenvalue weighted by atomic mass is 19.4. The topological polar surface area (TPSA) is 9.23 Å². The highest BCUT2D eigenvalue weighted by Gasteiger charge is 2.61. The summed E-state index contributed by atoms with van der Waals surface area (Å²) in [7, 11) is 1.12. The average molecular weight is 234 g/mol. The molecule has 1 atom stereocenters. The molecule has 0 radical (unpaired) electrons. The summed E-state index contributed by atoms with van der Waals surface area (Å²) >= 11 is 0. The number of hydrogen-bond donors (Lipinski definition) is 0. The predicted molar refractivity (Wildman–Crippen MR) is 45.9 cm³/mol. The molecule has 0 aromatic carbocycles. The first kappa shape index (κ1) is 14.6. The first-order valence-corrected chi connectivity index (χ1v) is 4.70. The van der Waals surface area contributed by atoms with Crippen LogP contribution in [0.5, 0.6) is 0 Å². The van der Waals surface area contributed by atoms with Crippen molar-refractivity contribution in [1.82, 2.24) is 0 Å². The van der Waals surface area contributed by atoms with Crippen molar-refractivity contribution in [2.45, 2.75) is 38.3 Å². The lowest BCUT2D eigenvalue weighted by Gasteiger charge is -2.28. The summed E-state index contributed by atoms with van der Waals surface area (Å²) in [5, 5.41) is 0. The lowest BCUT2D eigenvalue weighted by atomic mass is 9.95. The molecule has 6 heteroatoms. The first-order chi connectivity index (χ1) is 6.77. The molecule has 0 amide bonds. The van der Waals surface area contributed by atoms with E-state index in [2.05, 4.69) is 4.74 Å². The van der Waals surface area contributed by atoms with E-state index in [0.717, 1.165) is 7.11 Å². The van der Waals surface area contributed by atoms with E-state index in [9.17, 15) is 22.0 Å². The SMILES string of the molecule is CCCCC(COC)C(F)(F)C(F)(F)F. The molecule has 0 saturated carbocycles. The molecule has 0 N–H and O–H groups in total. The van der Waals surface area contributed by atoms with Crippen molar-refractivity contribution in [3.8, 4) is 0 Å². The molecule has 0 spiro atoms. The molecule has 92 valence electrons. The van der Waals surface area contributed by atoms with Crippen LogP contribution in [0.2, 0.25) is 0 Å². The van der Waals surface area contributed by atoms with Crippen LogP contribution in [0.1, 0.15) is 26.2 Å². The highest BCUT2D eigenvalue weighted by molar-refractivity contribution is 4.84. The third-order valence-electron chi connectivity index (χ3n) is 2.16. The van der Waals surface area contributed by atoms with Gasteiger partial charge in [-0.15, -0.1) is 0 Å². The van der Waals surface area contributed by atoms with Crippen molar-refractivity contribution >= 4 is 0 Å². The molecule has 0 aliphatic heterocycles. The lowest BCUT2D eigenvalue weighted by molar-refractivity contribution is -0.307. The molecule has 0 aromatic heterocycles. The summed E-state index contributed by atoms with van der Waals surface area (Å²) in [6.07, 6.45) is -4.77. The minimum absolute atomic E-state index is 0.184. The molecule has 0 fully saturated rings. The minimum Gasteiger partial charge on any atom is -0.384 e. The molecule has 0 rings (SSSR count). The fourth-order valence-corrected chi connectivity index (χ4v) is 1.25. The summed E-state index contributed by atoms with van der Waals surface area (Å²) in [5.74, 6) is -6.46. The quantitative estimate of drug-likeness (QED) is 0.637. The Kier molecular flexibility index (Phi) is 5.48. The Balaban J connectivity index is 4.58. The second kappa shape index (κ2) is 5.63. The molecule has 0 aliphatic carbocycles. The monoisotopic (exact) mass is 234 g/mol. The zero-order chi connectivity index (χ0) is 12.1. The fourth-order valence-electron chi connectivity index (χ4n) is 1.25. The zero-order valence-corrected chi connectivity index (χ0v) is 8.70. The maximum absolute atomic E-state index is 12.9. The number of methoxy groups -OCH3 is 1. The van der Waals surface area contributed by atoms with Crippen molar-refractivity contribution in [3.63, 3.8) is 0 Å². The number of hydrogen-bond acceptors (Lipinski definition) is 1. The van der Waals surface area contributed by atoms with Gasteiger partial charge in [-0.1, -0.05) is 19.8 Å². The summed E-state index contributed by atoms with van der Waals surface area (Å²) in [6, 6.07) is 0. The number of alkyl halides is 5. The van der Waals surface area contributed by atoms with E-state index in [4.69, 9.17) is 0 Å². The van der Waals surface area contributed by atoms with Crippen LogP contribution >= 0.6 is 0 Å². The largest absolute Gasteiger partial charge is 0.453 e. The van der Waals surface area contributed by atoms with Crippen LogP contribution in [0, 0.1) is 5.92 Å². The van der Waals surface area contributed by atoms with E-state index in [1.807, 2.05) is 0 Å². The Hall–Kier alpha value is -0.390. The van der Waals surface area contributed by atoms with Gasteiger partial charge < -0.3 is 4.74 Å². The van der Waals surface area contributed by atoms with Gasteiger partial charge in [0.1, 0.15) is 0 Å². The molecule has 15 heavy (non-hydrogen) atoms. The van der Waals surface area contributed by atoms with Crippen LogP contribution in [0.4, 0.5) is 22.0 Å². The van der Waals surface area contributed by atoms with Crippen LogP contribution in [-0.4, -0.2) is 25.8 Å². The van der Waals surface area contributed by atoms with Gasteiger partial charge in [0.25, 0.3) is 0 Å². The molecule has 0 aliphatic rings. The molecule has 0 aromatic rings. The van der Waals surface area contributed by atoms with Gasteiger partial charge in [0.2, 0.25) is 0 Å². The van der Waals surface area contributed by atoms with Crippen molar-refractivity contribution < 1.29 is 26.7 Å². The van der Waals surface area contributed by atoms with Crippen LogP contribution in [-0.2, 0) is 4.74 Å². The normalized spacial score (nSPS) is 15.4. The van der Waals surface area contributed by atoms with Crippen molar-refractivity contribution in [2.75, 3.05) is 13.7 Å². The van der Waals surface area contributed by atoms with Gasteiger partial charge >= 0.3 is 12.1 Å². The van der Waals surface area contributed by atoms with Gasteiger partial charge in [-0.25, -0.2) is 0 Å². The van der Waals surface area contributed by atoms with E-state index >= 15 is 0 Å². The van der Waals surface area contributed by atoms with E-state index in [-0.39, 0.29) is 6.42 Å². The molecule has 0 bridgehead atoms. The maximum atomic E-state index is 12.9. The second-order valence-electron chi connectivity index (χ2n) is 3.42. The standard InChI is InChI=1S/C9H15F5O/c1-3-4-5-7(6-15-2)8(10,11)9(12,13)14/h7H,3-6H2,1-2H3. The Bertz CT molecular complexity index is 178. The summed E-state index contributed by atoms with van der Waals surface area (Å²) in [6.45, 7) is 1.15. The number of unbranched alkanes of at least 4 members (excludes halogenated alkanes) is 1. The van der Waals surface area contributed by atoms with Crippen LogP contribution in [0.25, 0.3) is 0 Å². The maximum Gasteiger partial charge on any atom is 0.453 e. The van der Waals surface area contributed by atoms with Crippen LogP contribution in [0.15, 0.2) is 0 Å². The Morgan fingerprint density at radius 3 is 2.00 bits per heavy atom. The van der Waals surface area contributed by atoms with Crippen LogP contribution < -0.4 is 0 Å². The summed E-state index contributed by atoms with van der Waals surface area (Å²) < 4.78 is 66.3. The van der Waals surface area contributed by atoms with Gasteiger partial charge in [-0.2, -0.15) is 22.0 Å². The smallest absolute Gasteiger partial charge is 0.384 e. The van der Waals surface area contributed by atoms with Crippen molar-refractivity contribution in [3.05, 3.63) is 0 Å². The first-order valence-electron chi connectivity index (χ1n) is 4.70. The molecular weight excluding hydrogens is 219 g/mol. The molecule has 0 heterocycles. The highest BCUT2D eigenvalue weighted by Crippen LogP contribution is 2.43. The fraction of sp³-hybridized carbons (Fsp3) is 1.00. The molecule has 1 unspecified atom stereocenters. The molecule has 1 nitrogen and oxygen atoms in total. The Morgan fingerprint density at radius 2 is 1.67 bits per heavy atom. The Labute approximate surface area is 85.6 Å². The minimum atomic E-state index is -5.50. The van der Waals surface area contributed by atoms with E-state index < -0.39 is 24.6 Å². The van der Waals surface area contributed by atoms with Crippen molar-refractivity contribution in [1.29, 1.82) is 0 Å². The number of ether oxygens (including phenoxy) is 1. The van der Waals surface area contributed by atoms with Gasteiger partial charge in [-0.3, -0.25) is 0 Å². The van der Waals surface area contributed by atoms with E-state index in [1.54, 1.807) is 6.92 Å². The predicted octanol–water partition coefficient (Wildman–Crippen LogP) is 3.64. The van der Waals surface area contributed by atoms with Gasteiger partial charge in [0.05, 0.1) is 12.5 Å². The van der Waals surface area contributed by atoms with Crippen molar-refractivity contribution in [2.24, 2.45) is 5.92 Å².